The summed E-state index contributed by atoms with van der Waals surface area (Å²) in [7, 11) is 0. The van der Waals surface area contributed by atoms with Crippen LogP contribution in [-0.4, -0.2) is 18.0 Å². The van der Waals surface area contributed by atoms with Crippen molar-refractivity contribution in [2.75, 3.05) is 14.7 Å². The predicted octanol–water partition coefficient (Wildman–Crippen LogP) is 11.8. The van der Waals surface area contributed by atoms with Gasteiger partial charge in [-0.05, 0) is 129 Å². The topological polar surface area (TPSA) is 14.7 Å². The number of rotatable bonds is 4. The first-order valence-electron chi connectivity index (χ1n) is 24.3. The van der Waals surface area contributed by atoms with Gasteiger partial charge in [-0.15, -0.1) is 0 Å². The van der Waals surface area contributed by atoms with Crippen molar-refractivity contribution < 1.29 is 0 Å². The fraction of sp³-hybridized carbons (Fsp3) is 0.0476. The smallest absolute Gasteiger partial charge is 0.252 e. The number of fused-ring (bicyclic) bond motifs is 12. The zero-order chi connectivity index (χ0) is 45.5. The molecule has 4 nitrogen and oxygen atoms in total. The Morgan fingerprint density at radius 3 is 1.55 bits per heavy atom. The van der Waals surface area contributed by atoms with E-state index in [0.717, 1.165) is 17.1 Å². The number of hydrogen-bond acceptors (Lipinski definition) is 3. The first kappa shape index (κ1) is 38.6. The lowest BCUT2D eigenvalue weighted by molar-refractivity contribution is 0.646. The van der Waals surface area contributed by atoms with Gasteiger partial charge in [0.25, 0.3) is 6.71 Å². The molecule has 0 saturated carbocycles. The van der Waals surface area contributed by atoms with E-state index in [1.165, 1.54) is 106 Å². The molecule has 0 saturated heterocycles. The van der Waals surface area contributed by atoms with E-state index in [0.29, 0.717) is 0 Å². The molecule has 1 aromatic heterocycles. The second kappa shape index (κ2) is 14.3. The van der Waals surface area contributed by atoms with Gasteiger partial charge in [-0.1, -0.05) is 159 Å². The predicted molar refractivity (Wildman–Crippen MR) is 293 cm³/mol. The van der Waals surface area contributed by atoms with Crippen LogP contribution in [0.3, 0.4) is 0 Å². The third-order valence-electron chi connectivity index (χ3n) is 15.8. The molecule has 5 heterocycles. The first-order chi connectivity index (χ1) is 34.1. The standard InChI is InChI=1S/C63H44B2N4/c1-63(2)46-30-19-34-55-60(46)64(48-31-16-18-33-53(48)67(55)42-23-9-4-10-24-42)50-40-51-58(39-47(50)63)68(43-25-11-5-12-26-43)56-35-20-36-57-61(56)65(51)49-37-38-54-59(62(49)69(57)44-27-13-6-14-28-44)45-29-15-17-32-52(45)66(54)41-21-7-3-8-22-41/h3-40H,1-2H3. The largest absolute Gasteiger partial charge is 0.312 e. The van der Waals surface area contributed by atoms with E-state index in [1.807, 2.05) is 0 Å². The van der Waals surface area contributed by atoms with Crippen molar-refractivity contribution in [3.63, 3.8) is 0 Å². The third kappa shape index (κ3) is 5.21. The molecule has 0 unspecified atom stereocenters. The Kier molecular flexibility index (Phi) is 7.99. The fourth-order valence-corrected chi connectivity index (χ4v) is 13.0. The molecule has 0 spiro atoms. The highest BCUT2D eigenvalue weighted by Crippen LogP contribution is 2.50. The Bertz CT molecular complexity index is 3900. The van der Waals surface area contributed by atoms with Crippen LogP contribution in [0.4, 0.5) is 51.2 Å². The van der Waals surface area contributed by atoms with Crippen molar-refractivity contribution in [1.29, 1.82) is 0 Å². The second-order valence-electron chi connectivity index (χ2n) is 19.6. The molecule has 0 aliphatic carbocycles. The van der Waals surface area contributed by atoms with Crippen LogP contribution >= 0.6 is 0 Å². The summed E-state index contributed by atoms with van der Waals surface area (Å²) in [5.41, 5.74) is 25.0. The summed E-state index contributed by atoms with van der Waals surface area (Å²) in [5.74, 6) is 0. The molecule has 0 N–H and O–H groups in total. The zero-order valence-electron chi connectivity index (χ0n) is 38.4. The number of benzene rings is 10. The van der Waals surface area contributed by atoms with E-state index >= 15 is 0 Å². The molecule has 4 aliphatic rings. The number of hydrogen-bond donors (Lipinski definition) is 0. The van der Waals surface area contributed by atoms with E-state index in [4.69, 9.17) is 0 Å². The van der Waals surface area contributed by atoms with Crippen LogP contribution in [0.1, 0.15) is 25.0 Å². The molecule has 0 radical (unpaired) electrons. The summed E-state index contributed by atoms with van der Waals surface area (Å²) < 4.78 is 2.46. The second-order valence-corrected chi connectivity index (χ2v) is 19.6. The van der Waals surface area contributed by atoms with Gasteiger partial charge in [0.2, 0.25) is 6.71 Å². The van der Waals surface area contributed by atoms with E-state index in [-0.39, 0.29) is 18.8 Å². The molecular formula is C63H44B2N4. The quantitative estimate of drug-likeness (QED) is 0.164. The summed E-state index contributed by atoms with van der Waals surface area (Å²) in [4.78, 5) is 7.63. The van der Waals surface area contributed by atoms with Gasteiger partial charge >= 0.3 is 0 Å². The highest BCUT2D eigenvalue weighted by Gasteiger charge is 2.50. The lowest BCUT2D eigenvalue weighted by Gasteiger charge is -2.48. The third-order valence-corrected chi connectivity index (χ3v) is 15.8. The average molecular weight is 879 g/mol. The van der Waals surface area contributed by atoms with Crippen LogP contribution in [0.15, 0.2) is 231 Å². The molecular weight excluding hydrogens is 834 g/mol. The molecule has 0 fully saturated rings. The lowest BCUT2D eigenvalue weighted by atomic mass is 9.28. The van der Waals surface area contributed by atoms with E-state index in [9.17, 15) is 0 Å². The fourth-order valence-electron chi connectivity index (χ4n) is 13.0. The average Bonchev–Trinajstić information content (AvgIpc) is 3.75. The summed E-state index contributed by atoms with van der Waals surface area (Å²) >= 11 is 0. The van der Waals surface area contributed by atoms with Crippen LogP contribution in [0.5, 0.6) is 0 Å². The highest BCUT2D eigenvalue weighted by molar-refractivity contribution is 7.02. The minimum Gasteiger partial charge on any atom is -0.312 e. The maximum atomic E-state index is 2.66. The monoisotopic (exact) mass is 878 g/mol. The molecule has 0 bridgehead atoms. The van der Waals surface area contributed by atoms with Gasteiger partial charge < -0.3 is 19.3 Å². The summed E-state index contributed by atoms with van der Waals surface area (Å²) in [5, 5.41) is 2.51. The maximum absolute atomic E-state index is 2.66. The lowest BCUT2D eigenvalue weighted by Crippen LogP contribution is -2.67. The SMILES string of the molecule is CC1(C)c2cc3c(cc2B2c4ccccc4N(c4ccccc4)c4cccc1c42)B1c2ccc4c(c2N(c2ccccc2)c2cccc(c21)N3c1ccccc1)c1ccccc1n4-c1ccccc1. The zero-order valence-corrected chi connectivity index (χ0v) is 38.4. The molecule has 6 heteroatoms. The van der Waals surface area contributed by atoms with Crippen molar-refractivity contribution in [2.24, 2.45) is 0 Å². The van der Waals surface area contributed by atoms with E-state index in [1.54, 1.807) is 0 Å². The van der Waals surface area contributed by atoms with Crippen molar-refractivity contribution >= 4 is 119 Å². The minimum atomic E-state index is -0.300. The molecule has 69 heavy (non-hydrogen) atoms. The summed E-state index contributed by atoms with van der Waals surface area (Å²) in [6.45, 7) is 4.88. The van der Waals surface area contributed by atoms with E-state index < -0.39 is 0 Å². The van der Waals surface area contributed by atoms with Crippen molar-refractivity contribution in [3.05, 3.63) is 242 Å². The molecule has 4 aliphatic heterocycles. The molecule has 0 amide bonds. The van der Waals surface area contributed by atoms with Crippen molar-refractivity contribution in [2.45, 2.75) is 19.3 Å². The van der Waals surface area contributed by atoms with Gasteiger partial charge in [-0.3, -0.25) is 0 Å². The Labute approximate surface area is 403 Å². The highest BCUT2D eigenvalue weighted by atomic mass is 15.2. The Hall–Kier alpha value is -8.47. The number of nitrogens with zero attached hydrogens (tertiary/aromatic N) is 4. The van der Waals surface area contributed by atoms with Gasteiger partial charge in [0.1, 0.15) is 0 Å². The Morgan fingerprint density at radius 1 is 0.333 bits per heavy atom. The van der Waals surface area contributed by atoms with Gasteiger partial charge in [0.15, 0.2) is 0 Å². The number of aromatic nitrogens is 1. The van der Waals surface area contributed by atoms with Crippen molar-refractivity contribution in [1.82, 2.24) is 4.57 Å². The van der Waals surface area contributed by atoms with Crippen LogP contribution < -0.4 is 47.5 Å². The van der Waals surface area contributed by atoms with Crippen LogP contribution in [-0.2, 0) is 5.41 Å². The normalized spacial score (nSPS) is 14.5. The van der Waals surface area contributed by atoms with Crippen LogP contribution in [0, 0.1) is 0 Å². The van der Waals surface area contributed by atoms with Gasteiger partial charge in [-0.25, -0.2) is 0 Å². The van der Waals surface area contributed by atoms with Gasteiger partial charge in [0.05, 0.1) is 16.7 Å². The van der Waals surface area contributed by atoms with Crippen LogP contribution in [0.2, 0.25) is 0 Å². The summed E-state index contributed by atoms with van der Waals surface area (Å²) in [6.07, 6.45) is 0. The van der Waals surface area contributed by atoms with E-state index in [2.05, 4.69) is 264 Å². The molecule has 10 aromatic carbocycles. The molecule has 0 atom stereocenters. The maximum Gasteiger partial charge on any atom is 0.252 e. The van der Waals surface area contributed by atoms with Gasteiger partial charge in [0, 0.05) is 67.4 Å². The first-order valence-corrected chi connectivity index (χ1v) is 24.3. The van der Waals surface area contributed by atoms with Gasteiger partial charge in [-0.2, -0.15) is 0 Å². The van der Waals surface area contributed by atoms with Crippen molar-refractivity contribution in [3.8, 4) is 5.69 Å². The minimum absolute atomic E-state index is 0.0395. The van der Waals surface area contributed by atoms with Crippen LogP contribution in [0.25, 0.3) is 27.5 Å². The molecule has 322 valence electrons. The number of anilines is 9. The number of para-hydroxylation sites is 6. The molecule has 15 rings (SSSR count). The Balaban J connectivity index is 1.07. The summed E-state index contributed by atoms with van der Waals surface area (Å²) in [6, 6.07) is 86.1. The molecule has 11 aromatic rings. The Morgan fingerprint density at radius 2 is 0.855 bits per heavy atom.